The standard InChI is InChI=1S/C15H18N2O/c16-10-11-3-1-4-12(7-11)15(18)8-13-5-2-6-14(9-15)17-13/h1,3-4,7,13-14,17-18H,2,5-6,8-9H2. The number of nitrogens with one attached hydrogen (secondary N) is 1. The van der Waals surface area contributed by atoms with Gasteiger partial charge in [0, 0.05) is 12.1 Å². The van der Waals surface area contributed by atoms with Crippen LogP contribution in [0.3, 0.4) is 0 Å². The monoisotopic (exact) mass is 242 g/mol. The molecule has 2 aliphatic rings. The summed E-state index contributed by atoms with van der Waals surface area (Å²) in [7, 11) is 0. The molecular formula is C15H18N2O. The molecule has 2 N–H and O–H groups in total. The van der Waals surface area contributed by atoms with Crippen LogP contribution in [-0.2, 0) is 5.60 Å². The van der Waals surface area contributed by atoms with E-state index in [4.69, 9.17) is 5.26 Å². The first kappa shape index (κ1) is 11.7. The lowest BCUT2D eigenvalue weighted by molar-refractivity contribution is -0.0358. The highest BCUT2D eigenvalue weighted by molar-refractivity contribution is 5.36. The van der Waals surface area contributed by atoms with Gasteiger partial charge >= 0.3 is 0 Å². The number of hydrogen-bond donors (Lipinski definition) is 2. The van der Waals surface area contributed by atoms with Crippen LogP contribution in [0.1, 0.15) is 43.2 Å². The Morgan fingerprint density at radius 2 is 2.00 bits per heavy atom. The van der Waals surface area contributed by atoms with E-state index in [0.717, 1.165) is 31.2 Å². The molecule has 0 spiro atoms. The van der Waals surface area contributed by atoms with Crippen LogP contribution in [0, 0.1) is 11.3 Å². The number of hydrogen-bond acceptors (Lipinski definition) is 3. The average molecular weight is 242 g/mol. The zero-order valence-electron chi connectivity index (χ0n) is 10.4. The highest BCUT2D eigenvalue weighted by atomic mass is 16.3. The van der Waals surface area contributed by atoms with Crippen molar-refractivity contribution in [2.75, 3.05) is 0 Å². The lowest BCUT2D eigenvalue weighted by atomic mass is 9.74. The smallest absolute Gasteiger partial charge is 0.0991 e. The first-order valence-corrected chi connectivity index (χ1v) is 6.69. The van der Waals surface area contributed by atoms with Crippen molar-refractivity contribution in [3.05, 3.63) is 35.4 Å². The molecule has 0 aliphatic carbocycles. The van der Waals surface area contributed by atoms with Crippen molar-refractivity contribution in [1.82, 2.24) is 5.32 Å². The minimum atomic E-state index is -0.756. The van der Waals surface area contributed by atoms with Gasteiger partial charge in [-0.15, -0.1) is 0 Å². The molecule has 2 fully saturated rings. The molecule has 2 bridgehead atoms. The highest BCUT2D eigenvalue weighted by Crippen LogP contribution is 2.39. The molecule has 2 heterocycles. The van der Waals surface area contributed by atoms with Gasteiger partial charge in [0.2, 0.25) is 0 Å². The summed E-state index contributed by atoms with van der Waals surface area (Å²) >= 11 is 0. The van der Waals surface area contributed by atoms with Crippen LogP contribution in [-0.4, -0.2) is 17.2 Å². The summed E-state index contributed by atoms with van der Waals surface area (Å²) in [4.78, 5) is 0. The zero-order valence-corrected chi connectivity index (χ0v) is 10.4. The van der Waals surface area contributed by atoms with Gasteiger partial charge in [0.15, 0.2) is 0 Å². The van der Waals surface area contributed by atoms with Crippen LogP contribution in [0.5, 0.6) is 0 Å². The normalized spacial score (nSPS) is 34.9. The maximum Gasteiger partial charge on any atom is 0.0991 e. The Kier molecular flexibility index (Phi) is 2.85. The Labute approximate surface area is 107 Å². The lowest BCUT2D eigenvalue weighted by Gasteiger charge is -2.45. The van der Waals surface area contributed by atoms with Crippen LogP contribution in [0.2, 0.25) is 0 Å². The van der Waals surface area contributed by atoms with E-state index in [1.807, 2.05) is 18.2 Å². The van der Waals surface area contributed by atoms with Crippen molar-refractivity contribution in [3.63, 3.8) is 0 Å². The molecule has 94 valence electrons. The molecule has 3 nitrogen and oxygen atoms in total. The Morgan fingerprint density at radius 3 is 2.67 bits per heavy atom. The van der Waals surface area contributed by atoms with Crippen molar-refractivity contribution in [2.24, 2.45) is 0 Å². The third-order valence-corrected chi connectivity index (χ3v) is 4.27. The lowest BCUT2D eigenvalue weighted by Crippen LogP contribution is -2.54. The van der Waals surface area contributed by atoms with Crippen LogP contribution in [0.4, 0.5) is 0 Å². The second-order valence-electron chi connectivity index (χ2n) is 5.62. The van der Waals surface area contributed by atoms with Crippen molar-refractivity contribution in [1.29, 1.82) is 5.26 Å². The third kappa shape index (κ3) is 2.03. The van der Waals surface area contributed by atoms with Crippen LogP contribution in [0.25, 0.3) is 0 Å². The minimum absolute atomic E-state index is 0.424. The van der Waals surface area contributed by atoms with Gasteiger partial charge in [-0.05, 0) is 43.4 Å². The fraction of sp³-hybridized carbons (Fsp3) is 0.533. The predicted molar refractivity (Wildman–Crippen MR) is 68.9 cm³/mol. The molecule has 2 unspecified atom stereocenters. The average Bonchev–Trinajstić information content (AvgIpc) is 2.38. The number of benzene rings is 1. The van der Waals surface area contributed by atoms with Gasteiger partial charge < -0.3 is 10.4 Å². The van der Waals surface area contributed by atoms with Crippen molar-refractivity contribution in [2.45, 2.75) is 49.8 Å². The van der Waals surface area contributed by atoms with E-state index in [1.165, 1.54) is 6.42 Å². The maximum absolute atomic E-state index is 10.9. The number of rotatable bonds is 1. The summed E-state index contributed by atoms with van der Waals surface area (Å²) in [5.74, 6) is 0. The zero-order chi connectivity index (χ0) is 12.6. The molecule has 0 aromatic heterocycles. The highest BCUT2D eigenvalue weighted by Gasteiger charge is 2.41. The molecule has 3 rings (SSSR count). The molecule has 0 radical (unpaired) electrons. The van der Waals surface area contributed by atoms with Crippen molar-refractivity contribution in [3.8, 4) is 6.07 Å². The molecule has 0 saturated carbocycles. The topological polar surface area (TPSA) is 56.0 Å². The van der Waals surface area contributed by atoms with E-state index in [2.05, 4.69) is 11.4 Å². The Morgan fingerprint density at radius 1 is 1.28 bits per heavy atom. The fourth-order valence-corrected chi connectivity index (χ4v) is 3.45. The second kappa shape index (κ2) is 4.38. The van der Waals surface area contributed by atoms with Gasteiger partial charge in [-0.3, -0.25) is 0 Å². The number of nitrogens with zero attached hydrogens (tertiary/aromatic N) is 1. The summed E-state index contributed by atoms with van der Waals surface area (Å²) in [5, 5.41) is 23.5. The number of fused-ring (bicyclic) bond motifs is 2. The Balaban J connectivity index is 1.92. The van der Waals surface area contributed by atoms with Gasteiger partial charge in [0.05, 0.1) is 17.2 Å². The molecule has 2 saturated heterocycles. The van der Waals surface area contributed by atoms with E-state index in [0.29, 0.717) is 17.6 Å². The van der Waals surface area contributed by atoms with E-state index >= 15 is 0 Å². The summed E-state index contributed by atoms with van der Waals surface area (Å²) < 4.78 is 0. The molecule has 2 atom stereocenters. The van der Waals surface area contributed by atoms with E-state index in [-0.39, 0.29) is 0 Å². The molecule has 1 aromatic rings. The van der Waals surface area contributed by atoms with E-state index in [9.17, 15) is 5.11 Å². The Hall–Kier alpha value is -1.37. The molecular weight excluding hydrogens is 224 g/mol. The van der Waals surface area contributed by atoms with Crippen molar-refractivity contribution < 1.29 is 5.11 Å². The number of nitriles is 1. The number of piperidine rings is 2. The van der Waals surface area contributed by atoms with E-state index < -0.39 is 5.60 Å². The number of aliphatic hydroxyl groups is 1. The first-order valence-electron chi connectivity index (χ1n) is 6.69. The molecule has 1 aromatic carbocycles. The predicted octanol–water partition coefficient (Wildman–Crippen LogP) is 2.05. The van der Waals surface area contributed by atoms with Gasteiger partial charge in [-0.2, -0.15) is 5.26 Å². The van der Waals surface area contributed by atoms with Crippen LogP contribution >= 0.6 is 0 Å². The van der Waals surface area contributed by atoms with Gasteiger partial charge in [-0.25, -0.2) is 0 Å². The van der Waals surface area contributed by atoms with E-state index in [1.54, 1.807) is 6.07 Å². The van der Waals surface area contributed by atoms with Gasteiger partial charge in [-0.1, -0.05) is 18.6 Å². The quantitative estimate of drug-likeness (QED) is 0.792. The van der Waals surface area contributed by atoms with Gasteiger partial charge in [0.25, 0.3) is 0 Å². The second-order valence-corrected chi connectivity index (χ2v) is 5.62. The third-order valence-electron chi connectivity index (χ3n) is 4.27. The molecule has 3 heteroatoms. The summed E-state index contributed by atoms with van der Waals surface area (Å²) in [6, 6.07) is 10.4. The van der Waals surface area contributed by atoms with Gasteiger partial charge in [0.1, 0.15) is 0 Å². The largest absolute Gasteiger partial charge is 0.385 e. The van der Waals surface area contributed by atoms with Crippen LogP contribution in [0.15, 0.2) is 24.3 Å². The Bertz CT molecular complexity index is 480. The minimum Gasteiger partial charge on any atom is -0.385 e. The summed E-state index contributed by atoms with van der Waals surface area (Å²) in [6.07, 6.45) is 5.08. The molecule has 18 heavy (non-hydrogen) atoms. The maximum atomic E-state index is 10.9. The summed E-state index contributed by atoms with van der Waals surface area (Å²) in [5.41, 5.74) is 0.776. The van der Waals surface area contributed by atoms with Crippen LogP contribution < -0.4 is 5.32 Å². The summed E-state index contributed by atoms with van der Waals surface area (Å²) in [6.45, 7) is 0. The molecule has 0 amide bonds. The molecule has 2 aliphatic heterocycles. The first-order chi connectivity index (χ1) is 8.69. The van der Waals surface area contributed by atoms with Crippen molar-refractivity contribution >= 4 is 0 Å². The SMILES string of the molecule is N#Cc1cccc(C2(O)CC3CCCC(C2)N3)c1. The fourth-order valence-electron chi connectivity index (χ4n) is 3.45.